The molecule has 0 radical (unpaired) electrons. The van der Waals surface area contributed by atoms with Crippen LogP contribution in [0.1, 0.15) is 33.2 Å². The highest BCUT2D eigenvalue weighted by Gasteiger charge is 2.21. The summed E-state index contributed by atoms with van der Waals surface area (Å²) in [6, 6.07) is 12.6. The number of hydrogen-bond donors (Lipinski definition) is 1. The van der Waals surface area contributed by atoms with E-state index in [2.05, 4.69) is 5.10 Å². The van der Waals surface area contributed by atoms with Crippen LogP contribution in [0.15, 0.2) is 54.9 Å². The molecule has 0 saturated carbocycles. The normalized spacial score (nSPS) is 11.3. The summed E-state index contributed by atoms with van der Waals surface area (Å²) in [6.07, 6.45) is 1.64. The molecule has 3 aromatic rings. The van der Waals surface area contributed by atoms with Gasteiger partial charge in [-0.2, -0.15) is 10.4 Å². The lowest BCUT2D eigenvalue weighted by molar-refractivity contribution is 0.0710. The molecule has 2 aromatic carbocycles. The summed E-state index contributed by atoms with van der Waals surface area (Å²) in [4.78, 5) is 25.2. The first-order valence-corrected chi connectivity index (χ1v) is 8.60. The maximum absolute atomic E-state index is 12.7. The van der Waals surface area contributed by atoms with Gasteiger partial charge in [0, 0.05) is 6.20 Å². The fraction of sp³-hybridized carbons (Fsp3) is 0.143. The zero-order chi connectivity index (χ0) is 21.0. The summed E-state index contributed by atoms with van der Waals surface area (Å²) in [5.41, 5.74) is 0.651. The van der Waals surface area contributed by atoms with E-state index in [1.807, 2.05) is 6.07 Å². The molecule has 0 fully saturated rings. The van der Waals surface area contributed by atoms with E-state index < -0.39 is 17.8 Å². The Balaban J connectivity index is 1.75. The van der Waals surface area contributed by atoms with Gasteiger partial charge >= 0.3 is 0 Å². The Hall–Kier alpha value is -4.12. The van der Waals surface area contributed by atoms with Gasteiger partial charge in [0.15, 0.2) is 11.9 Å². The zero-order valence-corrected chi connectivity index (χ0v) is 15.7. The van der Waals surface area contributed by atoms with E-state index in [4.69, 9.17) is 14.7 Å². The Kier molecular flexibility index (Phi) is 5.60. The second-order valence-electron chi connectivity index (χ2n) is 6.12. The number of aromatic nitrogens is 2. The van der Waals surface area contributed by atoms with Crippen LogP contribution in [0.4, 0.5) is 0 Å². The minimum absolute atomic E-state index is 0.0400. The lowest BCUT2D eigenvalue weighted by Gasteiger charge is -2.13. The number of aromatic hydroxyl groups is 1. The van der Waals surface area contributed by atoms with E-state index in [0.29, 0.717) is 17.1 Å². The largest absolute Gasteiger partial charge is 0.507 e. The van der Waals surface area contributed by atoms with E-state index >= 15 is 0 Å². The van der Waals surface area contributed by atoms with Crippen LogP contribution < -0.4 is 9.47 Å². The second-order valence-corrected chi connectivity index (χ2v) is 6.12. The molecule has 29 heavy (non-hydrogen) atoms. The third-order valence-electron chi connectivity index (χ3n) is 4.16. The van der Waals surface area contributed by atoms with Crippen molar-refractivity contribution in [2.45, 2.75) is 13.0 Å². The van der Waals surface area contributed by atoms with Gasteiger partial charge in [-0.25, -0.2) is 4.68 Å². The van der Waals surface area contributed by atoms with Gasteiger partial charge in [0.05, 0.1) is 36.1 Å². The van der Waals surface area contributed by atoms with Gasteiger partial charge in [0.2, 0.25) is 0 Å². The Morgan fingerprint density at radius 3 is 2.52 bits per heavy atom. The number of ether oxygens (including phenoxy) is 2. The van der Waals surface area contributed by atoms with Crippen molar-refractivity contribution in [3.8, 4) is 23.3 Å². The highest BCUT2D eigenvalue weighted by atomic mass is 16.5. The number of hydrogen-bond acceptors (Lipinski definition) is 7. The Labute approximate surface area is 166 Å². The van der Waals surface area contributed by atoms with Crippen LogP contribution in [0.3, 0.4) is 0 Å². The van der Waals surface area contributed by atoms with Gasteiger partial charge in [-0.15, -0.1) is 0 Å². The number of rotatable bonds is 6. The molecule has 1 aromatic heterocycles. The molecular formula is C21H17N3O5. The van der Waals surface area contributed by atoms with Crippen molar-refractivity contribution in [2.75, 3.05) is 7.11 Å². The molecule has 1 heterocycles. The lowest BCUT2D eigenvalue weighted by atomic mass is 10.1. The molecule has 0 bridgehead atoms. The number of nitrogens with zero attached hydrogens (tertiary/aromatic N) is 3. The highest BCUT2D eigenvalue weighted by molar-refractivity contribution is 6.10. The summed E-state index contributed by atoms with van der Waals surface area (Å²) in [7, 11) is 1.45. The van der Waals surface area contributed by atoms with Crippen molar-refractivity contribution < 1.29 is 24.2 Å². The Bertz CT molecular complexity index is 1100. The summed E-state index contributed by atoms with van der Waals surface area (Å²) < 4.78 is 11.7. The van der Waals surface area contributed by atoms with Crippen molar-refractivity contribution in [2.24, 2.45) is 0 Å². The van der Waals surface area contributed by atoms with Crippen molar-refractivity contribution in [1.29, 1.82) is 5.26 Å². The van der Waals surface area contributed by atoms with Crippen LogP contribution in [-0.2, 0) is 0 Å². The molecule has 146 valence electrons. The van der Waals surface area contributed by atoms with Gasteiger partial charge in [-0.3, -0.25) is 9.59 Å². The van der Waals surface area contributed by atoms with E-state index in [-0.39, 0.29) is 16.9 Å². The first-order valence-electron chi connectivity index (χ1n) is 8.60. The topological polar surface area (TPSA) is 114 Å². The predicted octanol–water partition coefficient (Wildman–Crippen LogP) is 2.81. The third-order valence-corrected chi connectivity index (χ3v) is 4.16. The zero-order valence-electron chi connectivity index (χ0n) is 15.7. The molecule has 3 rings (SSSR count). The number of carbonyl (C=O) groups is 2. The molecule has 8 nitrogen and oxygen atoms in total. The number of nitriles is 1. The predicted molar refractivity (Wildman–Crippen MR) is 102 cm³/mol. The fourth-order valence-corrected chi connectivity index (χ4v) is 2.59. The summed E-state index contributed by atoms with van der Waals surface area (Å²) in [6.45, 7) is 1.55. The number of phenolic OH excluding ortho intramolecular Hbond substituents is 1. The van der Waals surface area contributed by atoms with Crippen molar-refractivity contribution in [3.63, 3.8) is 0 Å². The molecule has 0 saturated heterocycles. The smallest absolute Gasteiger partial charge is 0.287 e. The molecule has 0 aliphatic rings. The first-order chi connectivity index (χ1) is 13.9. The standard InChI is InChI=1S/C21H17N3O5/c1-13(29-16-5-3-14(10-22)4-6-16)21(27)24-12-15(11-23-24)20(26)18-9-17(28-2)7-8-19(18)25/h3-9,11-13,25H,1-2H3. The van der Waals surface area contributed by atoms with Crippen molar-refractivity contribution in [3.05, 3.63) is 71.5 Å². The average Bonchev–Trinajstić information content (AvgIpc) is 3.23. The number of methoxy groups -OCH3 is 1. The second kappa shape index (κ2) is 8.27. The molecule has 0 aliphatic heterocycles. The van der Waals surface area contributed by atoms with E-state index in [1.165, 1.54) is 37.7 Å². The van der Waals surface area contributed by atoms with Crippen LogP contribution in [-0.4, -0.2) is 39.8 Å². The van der Waals surface area contributed by atoms with Crippen LogP contribution in [0.2, 0.25) is 0 Å². The van der Waals surface area contributed by atoms with Gasteiger partial charge < -0.3 is 14.6 Å². The maximum atomic E-state index is 12.7. The third kappa shape index (κ3) is 4.25. The van der Waals surface area contributed by atoms with Crippen LogP contribution in [0, 0.1) is 11.3 Å². The monoisotopic (exact) mass is 391 g/mol. The number of ketones is 1. The van der Waals surface area contributed by atoms with Gasteiger partial charge in [0.1, 0.15) is 17.2 Å². The van der Waals surface area contributed by atoms with Crippen LogP contribution in [0.5, 0.6) is 17.2 Å². The maximum Gasteiger partial charge on any atom is 0.287 e. The molecule has 0 amide bonds. The minimum atomic E-state index is -0.879. The van der Waals surface area contributed by atoms with Gasteiger partial charge in [-0.05, 0) is 49.4 Å². The Morgan fingerprint density at radius 2 is 1.86 bits per heavy atom. The molecular weight excluding hydrogens is 374 g/mol. The van der Waals surface area contributed by atoms with E-state index in [1.54, 1.807) is 31.2 Å². The van der Waals surface area contributed by atoms with Crippen LogP contribution >= 0.6 is 0 Å². The van der Waals surface area contributed by atoms with Crippen LogP contribution in [0.25, 0.3) is 0 Å². The van der Waals surface area contributed by atoms with E-state index in [0.717, 1.165) is 4.68 Å². The summed E-state index contributed by atoms with van der Waals surface area (Å²) in [5, 5.41) is 22.7. The fourth-order valence-electron chi connectivity index (χ4n) is 2.59. The first kappa shape index (κ1) is 19.6. The molecule has 1 N–H and O–H groups in total. The average molecular weight is 391 g/mol. The number of benzene rings is 2. The van der Waals surface area contributed by atoms with Crippen molar-refractivity contribution >= 4 is 11.7 Å². The number of carbonyl (C=O) groups excluding carboxylic acids is 2. The quantitative estimate of drug-likeness (QED) is 0.643. The summed E-state index contributed by atoms with van der Waals surface area (Å²) in [5.74, 6) is -0.342. The molecule has 0 spiro atoms. The summed E-state index contributed by atoms with van der Waals surface area (Å²) >= 11 is 0. The highest BCUT2D eigenvalue weighted by Crippen LogP contribution is 2.25. The lowest BCUT2D eigenvalue weighted by Crippen LogP contribution is -2.29. The SMILES string of the molecule is COc1ccc(O)c(C(=O)c2cnn(C(=O)C(C)Oc3ccc(C#N)cc3)c2)c1. The van der Waals surface area contributed by atoms with Gasteiger partial charge in [0.25, 0.3) is 5.91 Å². The van der Waals surface area contributed by atoms with E-state index in [9.17, 15) is 14.7 Å². The van der Waals surface area contributed by atoms with Gasteiger partial charge in [-0.1, -0.05) is 0 Å². The molecule has 0 aliphatic carbocycles. The molecule has 1 atom stereocenters. The molecule has 8 heteroatoms. The van der Waals surface area contributed by atoms with Crippen molar-refractivity contribution in [1.82, 2.24) is 9.78 Å². The Morgan fingerprint density at radius 1 is 1.17 bits per heavy atom. The minimum Gasteiger partial charge on any atom is -0.507 e. The molecule has 1 unspecified atom stereocenters. The number of phenols is 1.